The summed E-state index contributed by atoms with van der Waals surface area (Å²) in [7, 11) is 0. The molecule has 6 nitrogen and oxygen atoms in total. The number of hydrogen-bond donors (Lipinski definition) is 3. The van der Waals surface area contributed by atoms with Crippen LogP contribution in [-0.2, 0) is 11.3 Å². The highest BCUT2D eigenvalue weighted by molar-refractivity contribution is 5.81. The molecule has 1 atom stereocenters. The van der Waals surface area contributed by atoms with Crippen molar-refractivity contribution < 1.29 is 4.79 Å². The molecule has 5 N–H and O–H groups in total. The van der Waals surface area contributed by atoms with Crippen molar-refractivity contribution >= 4 is 11.7 Å². The molecular weight excluding hydrogens is 230 g/mol. The van der Waals surface area contributed by atoms with Gasteiger partial charge in [-0.25, -0.2) is 10.8 Å². The zero-order chi connectivity index (χ0) is 13.2. The number of nitrogen functional groups attached to an aromatic ring is 1. The van der Waals surface area contributed by atoms with E-state index in [4.69, 9.17) is 11.6 Å². The number of rotatable bonds is 4. The first kappa shape index (κ1) is 12.8. The number of likely N-dealkylation sites (tertiary alicyclic amines) is 1. The van der Waals surface area contributed by atoms with Crippen LogP contribution in [-0.4, -0.2) is 28.9 Å². The van der Waals surface area contributed by atoms with Gasteiger partial charge in [-0.05, 0) is 26.0 Å². The Morgan fingerprint density at radius 1 is 1.67 bits per heavy atom. The van der Waals surface area contributed by atoms with Crippen molar-refractivity contribution in [2.24, 2.45) is 17.0 Å². The molecule has 1 aromatic rings. The van der Waals surface area contributed by atoms with Crippen molar-refractivity contribution in [2.75, 3.05) is 18.5 Å². The highest BCUT2D eigenvalue weighted by Crippen LogP contribution is 2.30. The Balaban J connectivity index is 2.06. The Hall–Kier alpha value is -1.66. The number of hydrazine groups is 1. The zero-order valence-electron chi connectivity index (χ0n) is 10.5. The van der Waals surface area contributed by atoms with Gasteiger partial charge in [-0.1, -0.05) is 6.07 Å². The summed E-state index contributed by atoms with van der Waals surface area (Å²) >= 11 is 0. The highest BCUT2D eigenvalue weighted by Gasteiger charge is 2.38. The Bertz CT molecular complexity index is 450. The Morgan fingerprint density at radius 3 is 3.06 bits per heavy atom. The van der Waals surface area contributed by atoms with E-state index in [1.807, 2.05) is 19.1 Å². The van der Waals surface area contributed by atoms with Crippen molar-refractivity contribution in [1.29, 1.82) is 0 Å². The second kappa shape index (κ2) is 4.91. The Labute approximate surface area is 106 Å². The number of aromatic nitrogens is 1. The van der Waals surface area contributed by atoms with Gasteiger partial charge in [0, 0.05) is 24.8 Å². The lowest BCUT2D eigenvalue weighted by atomic mass is 9.89. The van der Waals surface area contributed by atoms with Crippen LogP contribution in [0, 0.1) is 5.41 Å². The van der Waals surface area contributed by atoms with Crippen molar-refractivity contribution in [3.63, 3.8) is 0 Å². The number of nitrogens with zero attached hydrogens (tertiary/aromatic N) is 2. The first-order valence-electron chi connectivity index (χ1n) is 5.98. The minimum Gasteiger partial charge on any atom is -0.369 e. The Morgan fingerprint density at radius 2 is 2.44 bits per heavy atom. The molecule has 98 valence electrons. The maximum absolute atomic E-state index is 11.4. The van der Waals surface area contributed by atoms with Crippen molar-refractivity contribution in [2.45, 2.75) is 19.9 Å². The summed E-state index contributed by atoms with van der Waals surface area (Å²) in [5.41, 5.74) is 8.62. The smallest absolute Gasteiger partial charge is 0.224 e. The number of anilines is 1. The third-order valence-corrected chi connectivity index (χ3v) is 3.57. The van der Waals surface area contributed by atoms with E-state index in [2.05, 4.69) is 15.3 Å². The fourth-order valence-electron chi connectivity index (χ4n) is 2.33. The van der Waals surface area contributed by atoms with Crippen molar-refractivity contribution in [3.05, 3.63) is 23.9 Å². The lowest BCUT2D eigenvalue weighted by molar-refractivity contribution is -0.126. The van der Waals surface area contributed by atoms with Crippen LogP contribution in [0.3, 0.4) is 0 Å². The minimum absolute atomic E-state index is 0.228. The molecule has 0 aliphatic carbocycles. The number of nitrogens with one attached hydrogen (secondary N) is 1. The third kappa shape index (κ3) is 2.44. The van der Waals surface area contributed by atoms with Gasteiger partial charge in [-0.2, -0.15) is 0 Å². The van der Waals surface area contributed by atoms with E-state index in [0.717, 1.165) is 25.1 Å². The van der Waals surface area contributed by atoms with E-state index in [1.54, 1.807) is 6.20 Å². The molecule has 1 aliphatic heterocycles. The molecule has 18 heavy (non-hydrogen) atoms. The van der Waals surface area contributed by atoms with Crippen molar-refractivity contribution in [1.82, 2.24) is 9.88 Å². The van der Waals surface area contributed by atoms with Gasteiger partial charge in [-0.3, -0.25) is 9.69 Å². The molecule has 1 unspecified atom stereocenters. The number of primary amides is 1. The van der Waals surface area contributed by atoms with E-state index < -0.39 is 5.41 Å². The van der Waals surface area contributed by atoms with E-state index in [1.165, 1.54) is 0 Å². The van der Waals surface area contributed by atoms with Crippen LogP contribution >= 0.6 is 0 Å². The van der Waals surface area contributed by atoms with E-state index in [-0.39, 0.29) is 5.91 Å². The maximum Gasteiger partial charge on any atom is 0.224 e. The molecule has 0 bridgehead atoms. The Kier molecular flexibility index (Phi) is 3.49. The number of carbonyl (C=O) groups excluding carboxylic acids is 1. The molecule has 1 amide bonds. The zero-order valence-corrected chi connectivity index (χ0v) is 10.5. The summed E-state index contributed by atoms with van der Waals surface area (Å²) in [5.74, 6) is 5.86. The molecule has 1 aliphatic rings. The number of carbonyl (C=O) groups is 1. The van der Waals surface area contributed by atoms with Gasteiger partial charge in [0.2, 0.25) is 5.91 Å². The predicted octanol–water partition coefficient (Wildman–Crippen LogP) is 0.0645. The third-order valence-electron chi connectivity index (χ3n) is 3.57. The lowest BCUT2D eigenvalue weighted by Crippen LogP contribution is -2.37. The quantitative estimate of drug-likeness (QED) is 0.518. The average Bonchev–Trinajstić information content (AvgIpc) is 2.73. The van der Waals surface area contributed by atoms with Gasteiger partial charge < -0.3 is 11.2 Å². The molecular formula is C12H19N5O. The fourth-order valence-corrected chi connectivity index (χ4v) is 2.33. The molecule has 0 saturated carbocycles. The SMILES string of the molecule is CC1(C(N)=O)CCN(Cc2cccnc2NN)C1. The molecule has 2 heterocycles. The summed E-state index contributed by atoms with van der Waals surface area (Å²) in [4.78, 5) is 17.7. The van der Waals surface area contributed by atoms with Crippen LogP contribution in [0.1, 0.15) is 18.9 Å². The first-order valence-corrected chi connectivity index (χ1v) is 5.98. The van der Waals surface area contributed by atoms with E-state index in [0.29, 0.717) is 12.4 Å². The predicted molar refractivity (Wildman–Crippen MR) is 69.2 cm³/mol. The molecule has 0 radical (unpaired) electrons. The largest absolute Gasteiger partial charge is 0.369 e. The molecule has 0 aromatic carbocycles. The molecule has 2 rings (SSSR count). The standard InChI is InChI=1S/C12H19N5O/c1-12(11(13)18)4-6-17(8-12)7-9-3-2-5-15-10(9)16-14/h2-3,5H,4,6-8,14H2,1H3,(H2,13,18)(H,15,16). The van der Waals surface area contributed by atoms with Crippen LogP contribution in [0.2, 0.25) is 0 Å². The average molecular weight is 249 g/mol. The highest BCUT2D eigenvalue weighted by atomic mass is 16.1. The van der Waals surface area contributed by atoms with Crippen LogP contribution in [0.5, 0.6) is 0 Å². The summed E-state index contributed by atoms with van der Waals surface area (Å²) < 4.78 is 0. The van der Waals surface area contributed by atoms with Crippen LogP contribution < -0.4 is 17.0 Å². The first-order chi connectivity index (χ1) is 8.55. The summed E-state index contributed by atoms with van der Waals surface area (Å²) in [6, 6.07) is 3.85. The number of hydrogen-bond acceptors (Lipinski definition) is 5. The monoisotopic (exact) mass is 249 g/mol. The van der Waals surface area contributed by atoms with Gasteiger partial charge in [-0.15, -0.1) is 0 Å². The number of amides is 1. The van der Waals surface area contributed by atoms with E-state index in [9.17, 15) is 4.79 Å². The topological polar surface area (TPSA) is 97.3 Å². The second-order valence-electron chi connectivity index (χ2n) is 5.04. The van der Waals surface area contributed by atoms with Gasteiger partial charge in [0.15, 0.2) is 0 Å². The van der Waals surface area contributed by atoms with Gasteiger partial charge in [0.25, 0.3) is 0 Å². The number of nitrogens with two attached hydrogens (primary N) is 2. The maximum atomic E-state index is 11.4. The van der Waals surface area contributed by atoms with Crippen molar-refractivity contribution in [3.8, 4) is 0 Å². The molecule has 6 heteroatoms. The molecule has 1 aromatic heterocycles. The summed E-state index contributed by atoms with van der Waals surface area (Å²) in [6.07, 6.45) is 2.49. The van der Waals surface area contributed by atoms with Crippen LogP contribution in [0.15, 0.2) is 18.3 Å². The van der Waals surface area contributed by atoms with Gasteiger partial charge in [0.1, 0.15) is 5.82 Å². The van der Waals surface area contributed by atoms with E-state index >= 15 is 0 Å². The summed E-state index contributed by atoms with van der Waals surface area (Å²) in [5, 5.41) is 0. The molecule has 1 saturated heterocycles. The fraction of sp³-hybridized carbons (Fsp3) is 0.500. The van der Waals surface area contributed by atoms with Gasteiger partial charge in [0.05, 0.1) is 5.41 Å². The number of pyridine rings is 1. The minimum atomic E-state index is -0.418. The van der Waals surface area contributed by atoms with Gasteiger partial charge >= 0.3 is 0 Å². The molecule has 0 spiro atoms. The lowest BCUT2D eigenvalue weighted by Gasteiger charge is -2.21. The second-order valence-corrected chi connectivity index (χ2v) is 5.04. The molecule has 1 fully saturated rings. The summed E-state index contributed by atoms with van der Waals surface area (Å²) in [6.45, 7) is 4.18. The van der Waals surface area contributed by atoms with Crippen LogP contribution in [0.4, 0.5) is 5.82 Å². The van der Waals surface area contributed by atoms with Crippen LogP contribution in [0.25, 0.3) is 0 Å². The normalized spacial score (nSPS) is 24.1.